The van der Waals surface area contributed by atoms with Crippen LogP contribution in [0, 0.1) is 0 Å². The molecule has 1 aliphatic heterocycles. The SMILES string of the molecule is Clc1cccc2nc(C3CCSCC3)nn12. The van der Waals surface area contributed by atoms with Crippen molar-refractivity contribution in [2.75, 3.05) is 11.5 Å². The first-order valence-electron chi connectivity index (χ1n) is 5.43. The fourth-order valence-electron chi connectivity index (χ4n) is 2.02. The lowest BCUT2D eigenvalue weighted by atomic mass is 10.0. The molecule has 0 radical (unpaired) electrons. The Kier molecular flexibility index (Phi) is 2.77. The first kappa shape index (κ1) is 10.4. The van der Waals surface area contributed by atoms with Crippen LogP contribution in [0.4, 0.5) is 0 Å². The first-order valence-corrected chi connectivity index (χ1v) is 6.97. The Bertz CT molecular complexity index is 505. The molecular weight excluding hydrogens is 242 g/mol. The molecule has 0 bridgehead atoms. The molecule has 0 aliphatic carbocycles. The van der Waals surface area contributed by atoms with Gasteiger partial charge in [0.05, 0.1) is 0 Å². The number of aromatic nitrogens is 3. The van der Waals surface area contributed by atoms with Crippen LogP contribution in [0.25, 0.3) is 5.65 Å². The van der Waals surface area contributed by atoms with Gasteiger partial charge in [0.25, 0.3) is 0 Å². The summed E-state index contributed by atoms with van der Waals surface area (Å²) in [5.74, 6) is 3.90. The smallest absolute Gasteiger partial charge is 0.157 e. The summed E-state index contributed by atoms with van der Waals surface area (Å²) >= 11 is 8.08. The summed E-state index contributed by atoms with van der Waals surface area (Å²) in [5.41, 5.74) is 0.848. The third-order valence-electron chi connectivity index (χ3n) is 2.92. The molecule has 1 fully saturated rings. The predicted octanol–water partition coefficient (Wildman–Crippen LogP) is 2.99. The topological polar surface area (TPSA) is 30.2 Å². The van der Waals surface area contributed by atoms with Crippen LogP contribution < -0.4 is 0 Å². The largest absolute Gasteiger partial charge is 0.212 e. The minimum absolute atomic E-state index is 0.511. The van der Waals surface area contributed by atoms with Gasteiger partial charge in [-0.1, -0.05) is 17.7 Å². The minimum Gasteiger partial charge on any atom is -0.212 e. The Labute approximate surface area is 103 Å². The molecule has 3 heterocycles. The summed E-state index contributed by atoms with van der Waals surface area (Å²) in [5, 5.41) is 5.13. The highest BCUT2D eigenvalue weighted by Crippen LogP contribution is 2.30. The van der Waals surface area contributed by atoms with E-state index in [-0.39, 0.29) is 0 Å². The molecule has 3 nitrogen and oxygen atoms in total. The van der Waals surface area contributed by atoms with E-state index in [0.29, 0.717) is 11.1 Å². The van der Waals surface area contributed by atoms with E-state index in [9.17, 15) is 0 Å². The monoisotopic (exact) mass is 253 g/mol. The minimum atomic E-state index is 0.511. The number of rotatable bonds is 1. The lowest BCUT2D eigenvalue weighted by molar-refractivity contribution is 0.598. The summed E-state index contributed by atoms with van der Waals surface area (Å²) < 4.78 is 1.72. The van der Waals surface area contributed by atoms with E-state index in [0.717, 1.165) is 11.5 Å². The van der Waals surface area contributed by atoms with Gasteiger partial charge in [-0.3, -0.25) is 0 Å². The van der Waals surface area contributed by atoms with E-state index in [1.165, 1.54) is 24.3 Å². The van der Waals surface area contributed by atoms with Crippen molar-refractivity contribution in [3.05, 3.63) is 29.2 Å². The van der Waals surface area contributed by atoms with Crippen LogP contribution in [-0.2, 0) is 0 Å². The lowest BCUT2D eigenvalue weighted by Gasteiger charge is -2.17. The van der Waals surface area contributed by atoms with Gasteiger partial charge >= 0.3 is 0 Å². The van der Waals surface area contributed by atoms with E-state index in [1.807, 2.05) is 30.0 Å². The average molecular weight is 254 g/mol. The maximum absolute atomic E-state index is 6.07. The Morgan fingerprint density at radius 1 is 1.31 bits per heavy atom. The lowest BCUT2D eigenvalue weighted by Crippen LogP contribution is -2.09. The highest BCUT2D eigenvalue weighted by molar-refractivity contribution is 7.99. The maximum atomic E-state index is 6.07. The number of hydrogen-bond donors (Lipinski definition) is 0. The first-order chi connectivity index (χ1) is 7.84. The Hall–Kier alpha value is -0.740. The number of fused-ring (bicyclic) bond motifs is 1. The molecule has 0 saturated carbocycles. The second-order valence-electron chi connectivity index (χ2n) is 3.98. The van der Waals surface area contributed by atoms with Crippen LogP contribution in [0.15, 0.2) is 18.2 Å². The standard InChI is InChI=1S/C11H12ClN3S/c12-9-2-1-3-10-13-11(14-15(9)10)8-4-6-16-7-5-8/h1-3,8H,4-7H2. The molecule has 2 aromatic rings. The van der Waals surface area contributed by atoms with Crippen molar-refractivity contribution in [3.63, 3.8) is 0 Å². The van der Waals surface area contributed by atoms with Gasteiger partial charge in [-0.25, -0.2) is 9.50 Å². The molecule has 0 aromatic carbocycles. The van der Waals surface area contributed by atoms with Gasteiger partial charge in [-0.2, -0.15) is 11.8 Å². The van der Waals surface area contributed by atoms with Gasteiger partial charge in [0.15, 0.2) is 11.5 Å². The summed E-state index contributed by atoms with van der Waals surface area (Å²) in [6.45, 7) is 0. The van der Waals surface area contributed by atoms with E-state index in [2.05, 4.69) is 10.1 Å². The third kappa shape index (κ3) is 1.80. The molecule has 16 heavy (non-hydrogen) atoms. The normalized spacial score (nSPS) is 18.1. The second kappa shape index (κ2) is 4.26. The quantitative estimate of drug-likeness (QED) is 0.732. The summed E-state index contributed by atoms with van der Waals surface area (Å²) in [6, 6.07) is 5.69. The van der Waals surface area contributed by atoms with Crippen LogP contribution in [0.5, 0.6) is 0 Å². The van der Waals surface area contributed by atoms with Gasteiger partial charge in [0, 0.05) is 5.92 Å². The number of thioether (sulfide) groups is 1. The zero-order valence-electron chi connectivity index (χ0n) is 8.77. The van der Waals surface area contributed by atoms with Crippen molar-refractivity contribution in [2.45, 2.75) is 18.8 Å². The summed E-state index contributed by atoms with van der Waals surface area (Å²) in [4.78, 5) is 4.56. The number of nitrogens with zero attached hydrogens (tertiary/aromatic N) is 3. The van der Waals surface area contributed by atoms with Crippen molar-refractivity contribution < 1.29 is 0 Å². The van der Waals surface area contributed by atoms with E-state index < -0.39 is 0 Å². The fourth-order valence-corrected chi connectivity index (χ4v) is 3.32. The molecule has 3 rings (SSSR count). The molecule has 0 amide bonds. The summed E-state index contributed by atoms with van der Waals surface area (Å²) in [7, 11) is 0. The molecule has 2 aromatic heterocycles. The van der Waals surface area contributed by atoms with Crippen LogP contribution in [0.1, 0.15) is 24.6 Å². The number of pyridine rings is 1. The van der Waals surface area contributed by atoms with Crippen LogP contribution in [0.3, 0.4) is 0 Å². The highest BCUT2D eigenvalue weighted by Gasteiger charge is 2.20. The van der Waals surface area contributed by atoms with Crippen molar-refractivity contribution >= 4 is 29.0 Å². The Morgan fingerprint density at radius 2 is 2.12 bits per heavy atom. The van der Waals surface area contributed by atoms with Crippen molar-refractivity contribution in [1.82, 2.24) is 14.6 Å². The van der Waals surface area contributed by atoms with E-state index in [1.54, 1.807) is 4.52 Å². The van der Waals surface area contributed by atoms with E-state index in [4.69, 9.17) is 11.6 Å². The Balaban J connectivity index is 2.01. The molecule has 0 atom stereocenters. The van der Waals surface area contributed by atoms with Gasteiger partial charge in [0.1, 0.15) is 5.15 Å². The molecule has 0 spiro atoms. The molecule has 0 N–H and O–H groups in total. The summed E-state index contributed by atoms with van der Waals surface area (Å²) in [6.07, 6.45) is 2.36. The zero-order chi connectivity index (χ0) is 11.0. The molecule has 0 unspecified atom stereocenters. The van der Waals surface area contributed by atoms with Gasteiger partial charge in [-0.05, 0) is 36.5 Å². The van der Waals surface area contributed by atoms with Crippen molar-refractivity contribution in [1.29, 1.82) is 0 Å². The van der Waals surface area contributed by atoms with Crippen LogP contribution >= 0.6 is 23.4 Å². The van der Waals surface area contributed by atoms with Gasteiger partial charge in [-0.15, -0.1) is 5.10 Å². The number of hydrogen-bond acceptors (Lipinski definition) is 3. The molecule has 1 saturated heterocycles. The van der Waals surface area contributed by atoms with E-state index >= 15 is 0 Å². The Morgan fingerprint density at radius 3 is 2.88 bits per heavy atom. The number of halogens is 1. The third-order valence-corrected chi connectivity index (χ3v) is 4.25. The molecule has 84 valence electrons. The van der Waals surface area contributed by atoms with Crippen LogP contribution in [0.2, 0.25) is 5.15 Å². The molecule has 5 heteroatoms. The predicted molar refractivity (Wildman–Crippen MR) is 67.3 cm³/mol. The fraction of sp³-hybridized carbons (Fsp3) is 0.455. The van der Waals surface area contributed by atoms with Crippen molar-refractivity contribution in [3.8, 4) is 0 Å². The van der Waals surface area contributed by atoms with Crippen LogP contribution in [-0.4, -0.2) is 26.1 Å². The second-order valence-corrected chi connectivity index (χ2v) is 5.59. The molecule has 1 aliphatic rings. The maximum Gasteiger partial charge on any atom is 0.157 e. The molecular formula is C11H12ClN3S. The zero-order valence-corrected chi connectivity index (χ0v) is 10.3. The average Bonchev–Trinajstić information content (AvgIpc) is 2.76. The van der Waals surface area contributed by atoms with Gasteiger partial charge in [0.2, 0.25) is 0 Å². The highest BCUT2D eigenvalue weighted by atomic mass is 35.5. The van der Waals surface area contributed by atoms with Crippen molar-refractivity contribution in [2.24, 2.45) is 0 Å². The van der Waals surface area contributed by atoms with Gasteiger partial charge < -0.3 is 0 Å².